The Morgan fingerprint density at radius 3 is 2.35 bits per heavy atom. The molecule has 0 saturated carbocycles. The average molecular weight is 346 g/mol. The van der Waals surface area contributed by atoms with E-state index >= 15 is 0 Å². The summed E-state index contributed by atoms with van der Waals surface area (Å²) < 4.78 is 1.46. The van der Waals surface area contributed by atoms with Gasteiger partial charge in [0.1, 0.15) is 0 Å². The van der Waals surface area contributed by atoms with E-state index in [9.17, 15) is 9.90 Å². The summed E-state index contributed by atoms with van der Waals surface area (Å²) in [7, 11) is 0. The van der Waals surface area contributed by atoms with Crippen molar-refractivity contribution in [3.8, 4) is 16.9 Å². The van der Waals surface area contributed by atoms with E-state index in [0.717, 1.165) is 16.7 Å². The molecule has 0 aliphatic carbocycles. The first-order valence-corrected chi connectivity index (χ1v) is 7.72. The van der Waals surface area contributed by atoms with Crippen LogP contribution in [0.2, 0.25) is 10.0 Å². The average Bonchev–Trinajstić information content (AvgIpc) is 2.52. The highest BCUT2D eigenvalue weighted by atomic mass is 35.5. The Bertz CT molecular complexity index is 902. The van der Waals surface area contributed by atoms with Crippen molar-refractivity contribution in [2.45, 2.75) is 6.54 Å². The zero-order chi connectivity index (χ0) is 16.4. The van der Waals surface area contributed by atoms with Crippen molar-refractivity contribution >= 4 is 23.2 Å². The summed E-state index contributed by atoms with van der Waals surface area (Å²) in [5.41, 5.74) is 2.04. The lowest BCUT2D eigenvalue weighted by molar-refractivity contribution is 0.459. The molecule has 0 fully saturated rings. The smallest absolute Gasteiger partial charge is 0.292 e. The van der Waals surface area contributed by atoms with Crippen LogP contribution >= 0.6 is 23.2 Å². The lowest BCUT2D eigenvalue weighted by Gasteiger charge is -2.10. The van der Waals surface area contributed by atoms with Crippen LogP contribution in [0.1, 0.15) is 5.56 Å². The van der Waals surface area contributed by atoms with Gasteiger partial charge in [-0.1, -0.05) is 47.5 Å². The van der Waals surface area contributed by atoms with Gasteiger partial charge in [0.05, 0.1) is 6.54 Å². The molecule has 0 saturated heterocycles. The van der Waals surface area contributed by atoms with E-state index in [4.69, 9.17) is 23.2 Å². The van der Waals surface area contributed by atoms with E-state index in [1.54, 1.807) is 30.5 Å². The molecule has 1 N–H and O–H groups in total. The molecule has 3 nitrogen and oxygen atoms in total. The lowest BCUT2D eigenvalue weighted by atomic mass is 10.1. The van der Waals surface area contributed by atoms with Crippen LogP contribution in [0.15, 0.2) is 65.6 Å². The van der Waals surface area contributed by atoms with Crippen LogP contribution in [-0.2, 0) is 6.54 Å². The molecule has 5 heteroatoms. The summed E-state index contributed by atoms with van der Waals surface area (Å²) in [6.07, 6.45) is 1.71. The first kappa shape index (κ1) is 15.7. The Hall–Kier alpha value is -2.23. The fourth-order valence-corrected chi connectivity index (χ4v) is 2.71. The number of aromatic nitrogens is 1. The summed E-state index contributed by atoms with van der Waals surface area (Å²) in [5, 5.41) is 11.2. The van der Waals surface area contributed by atoms with Crippen LogP contribution in [-0.4, -0.2) is 9.67 Å². The molecular formula is C18H13Cl2NO2. The van der Waals surface area contributed by atoms with E-state index in [1.807, 2.05) is 24.3 Å². The Morgan fingerprint density at radius 2 is 1.65 bits per heavy atom. The van der Waals surface area contributed by atoms with Gasteiger partial charge in [0.2, 0.25) is 0 Å². The first-order valence-electron chi connectivity index (χ1n) is 6.97. The van der Waals surface area contributed by atoms with Crippen molar-refractivity contribution in [2.24, 2.45) is 0 Å². The molecule has 2 aromatic carbocycles. The first-order chi connectivity index (χ1) is 11.0. The highest BCUT2D eigenvalue weighted by Gasteiger charge is 2.08. The molecule has 0 bridgehead atoms. The molecule has 0 aliphatic heterocycles. The number of nitrogens with zero attached hydrogens (tertiary/aromatic N) is 1. The SMILES string of the molecule is O=c1c(O)cc(-c2ccc(Cl)cc2)cn1Cc1cccc(Cl)c1. The zero-order valence-corrected chi connectivity index (χ0v) is 13.6. The third kappa shape index (κ3) is 3.58. The van der Waals surface area contributed by atoms with E-state index in [2.05, 4.69) is 0 Å². The third-order valence-electron chi connectivity index (χ3n) is 3.49. The van der Waals surface area contributed by atoms with Crippen LogP contribution in [0.25, 0.3) is 11.1 Å². The van der Waals surface area contributed by atoms with Gasteiger partial charge in [0.15, 0.2) is 5.75 Å². The number of benzene rings is 2. The number of hydrogen-bond donors (Lipinski definition) is 1. The summed E-state index contributed by atoms with van der Waals surface area (Å²) in [6.45, 7) is 0.328. The predicted molar refractivity (Wildman–Crippen MR) is 93.4 cm³/mol. The van der Waals surface area contributed by atoms with Gasteiger partial charge >= 0.3 is 0 Å². The van der Waals surface area contributed by atoms with Crippen molar-refractivity contribution in [3.05, 3.63) is 86.8 Å². The highest BCUT2D eigenvalue weighted by Crippen LogP contribution is 2.23. The van der Waals surface area contributed by atoms with Crippen molar-refractivity contribution in [1.29, 1.82) is 0 Å². The van der Waals surface area contributed by atoms with E-state index in [1.165, 1.54) is 10.6 Å². The molecule has 3 aromatic rings. The van der Waals surface area contributed by atoms with Gasteiger partial charge in [-0.15, -0.1) is 0 Å². The quantitative estimate of drug-likeness (QED) is 0.755. The Balaban J connectivity index is 2.03. The number of hydrogen-bond acceptors (Lipinski definition) is 2. The summed E-state index contributed by atoms with van der Waals surface area (Å²) in [5.74, 6) is -0.292. The minimum Gasteiger partial charge on any atom is -0.503 e. The van der Waals surface area contributed by atoms with Gasteiger partial charge in [-0.2, -0.15) is 0 Å². The molecule has 1 aromatic heterocycles. The summed E-state index contributed by atoms with van der Waals surface area (Å²) in [4.78, 5) is 12.2. The second kappa shape index (κ2) is 6.49. The zero-order valence-electron chi connectivity index (χ0n) is 12.0. The van der Waals surface area contributed by atoms with Gasteiger partial charge < -0.3 is 9.67 Å². The Kier molecular flexibility index (Phi) is 4.42. The van der Waals surface area contributed by atoms with Crippen molar-refractivity contribution in [1.82, 2.24) is 4.57 Å². The van der Waals surface area contributed by atoms with Crippen molar-refractivity contribution in [3.63, 3.8) is 0 Å². The van der Waals surface area contributed by atoms with Crippen LogP contribution in [0.4, 0.5) is 0 Å². The largest absolute Gasteiger partial charge is 0.503 e. The van der Waals surface area contributed by atoms with E-state index in [-0.39, 0.29) is 5.75 Å². The molecule has 0 atom stereocenters. The topological polar surface area (TPSA) is 42.2 Å². The second-order valence-corrected chi connectivity index (χ2v) is 6.06. The summed E-state index contributed by atoms with van der Waals surface area (Å²) >= 11 is 11.9. The molecule has 0 radical (unpaired) electrons. The van der Waals surface area contributed by atoms with Crippen LogP contribution in [0.3, 0.4) is 0 Å². The standard InChI is InChI=1S/C18H13Cl2NO2/c19-15-6-4-13(5-7-15)14-9-17(22)18(23)21(11-14)10-12-2-1-3-16(20)8-12/h1-9,11,22H,10H2. The maximum Gasteiger partial charge on any atom is 0.292 e. The molecule has 23 heavy (non-hydrogen) atoms. The number of pyridine rings is 1. The van der Waals surface area contributed by atoms with Gasteiger partial charge in [-0.3, -0.25) is 4.79 Å². The van der Waals surface area contributed by atoms with Gasteiger partial charge in [0, 0.05) is 21.8 Å². The van der Waals surface area contributed by atoms with Crippen LogP contribution in [0.5, 0.6) is 5.75 Å². The normalized spacial score (nSPS) is 10.7. The number of halogens is 2. The minimum atomic E-state index is -0.442. The molecule has 0 unspecified atom stereocenters. The fraction of sp³-hybridized carbons (Fsp3) is 0.0556. The number of aromatic hydroxyl groups is 1. The highest BCUT2D eigenvalue weighted by molar-refractivity contribution is 6.30. The maximum atomic E-state index is 12.2. The van der Waals surface area contributed by atoms with Gasteiger partial charge in [-0.05, 0) is 41.5 Å². The Morgan fingerprint density at radius 1 is 0.913 bits per heavy atom. The molecule has 0 aliphatic rings. The number of rotatable bonds is 3. The van der Waals surface area contributed by atoms with Crippen LogP contribution < -0.4 is 5.56 Å². The van der Waals surface area contributed by atoms with Gasteiger partial charge in [-0.25, -0.2) is 0 Å². The third-order valence-corrected chi connectivity index (χ3v) is 3.97. The van der Waals surface area contributed by atoms with Crippen molar-refractivity contribution < 1.29 is 5.11 Å². The monoisotopic (exact) mass is 345 g/mol. The molecule has 116 valence electrons. The molecule has 0 amide bonds. The van der Waals surface area contributed by atoms with Crippen molar-refractivity contribution in [2.75, 3.05) is 0 Å². The Labute approximate surface area is 143 Å². The molecule has 3 rings (SSSR count). The second-order valence-electron chi connectivity index (χ2n) is 5.18. The summed E-state index contributed by atoms with van der Waals surface area (Å²) in [6, 6.07) is 15.9. The molecule has 1 heterocycles. The van der Waals surface area contributed by atoms with E-state index in [0.29, 0.717) is 16.6 Å². The fourth-order valence-electron chi connectivity index (χ4n) is 2.37. The molecule has 0 spiro atoms. The van der Waals surface area contributed by atoms with Gasteiger partial charge in [0.25, 0.3) is 5.56 Å². The lowest BCUT2D eigenvalue weighted by Crippen LogP contribution is -2.19. The minimum absolute atomic E-state index is 0.292. The predicted octanol–water partition coefficient (Wildman–Crippen LogP) is 4.58. The van der Waals surface area contributed by atoms with E-state index < -0.39 is 5.56 Å². The molecular weight excluding hydrogens is 333 g/mol. The van der Waals surface area contributed by atoms with Crippen LogP contribution in [0, 0.1) is 0 Å². The maximum absolute atomic E-state index is 12.2.